The number of hydrogen-bond donors (Lipinski definition) is 2. The molecule has 15 heavy (non-hydrogen) atoms. The number of aromatic nitrogens is 1. The Balaban J connectivity index is 1.85. The molecule has 2 unspecified atom stereocenters. The van der Waals surface area contributed by atoms with E-state index in [1.54, 1.807) is 12.3 Å². The van der Waals surface area contributed by atoms with E-state index < -0.39 is 0 Å². The van der Waals surface area contributed by atoms with E-state index in [4.69, 9.17) is 11.6 Å². The van der Waals surface area contributed by atoms with E-state index in [1.807, 2.05) is 6.07 Å². The summed E-state index contributed by atoms with van der Waals surface area (Å²) in [7, 11) is 0. The molecule has 82 valence electrons. The fourth-order valence-electron chi connectivity index (χ4n) is 1.94. The highest BCUT2D eigenvalue weighted by Crippen LogP contribution is 2.19. The van der Waals surface area contributed by atoms with Gasteiger partial charge >= 0.3 is 0 Å². The third kappa shape index (κ3) is 2.91. The van der Waals surface area contributed by atoms with Crippen LogP contribution < -0.4 is 5.32 Å². The number of pyridine rings is 1. The molecule has 1 fully saturated rings. The van der Waals surface area contributed by atoms with E-state index in [2.05, 4.69) is 10.3 Å². The van der Waals surface area contributed by atoms with E-state index in [9.17, 15) is 5.11 Å². The fourth-order valence-corrected chi connectivity index (χ4v) is 2.05. The number of nitrogens with one attached hydrogen (secondary N) is 1. The van der Waals surface area contributed by atoms with E-state index in [0.29, 0.717) is 5.15 Å². The second kappa shape index (κ2) is 4.92. The van der Waals surface area contributed by atoms with Crippen LogP contribution in [0.5, 0.6) is 0 Å². The molecule has 2 rings (SSSR count). The smallest absolute Gasteiger partial charge is 0.129 e. The van der Waals surface area contributed by atoms with Gasteiger partial charge in [0.25, 0.3) is 0 Å². The summed E-state index contributed by atoms with van der Waals surface area (Å²) in [4.78, 5) is 4.01. The van der Waals surface area contributed by atoms with Crippen LogP contribution in [0.1, 0.15) is 24.8 Å². The van der Waals surface area contributed by atoms with E-state index in [-0.39, 0.29) is 12.1 Å². The monoisotopic (exact) mass is 226 g/mol. The maximum Gasteiger partial charge on any atom is 0.129 e. The van der Waals surface area contributed by atoms with Crippen molar-refractivity contribution in [2.24, 2.45) is 0 Å². The molecule has 0 bridgehead atoms. The molecular formula is C11H15ClN2O. The summed E-state index contributed by atoms with van der Waals surface area (Å²) in [6.45, 7) is 0.742. The summed E-state index contributed by atoms with van der Waals surface area (Å²) in [6.07, 6.45) is 4.65. The Morgan fingerprint density at radius 2 is 2.33 bits per heavy atom. The van der Waals surface area contributed by atoms with Crippen LogP contribution in [0.4, 0.5) is 0 Å². The van der Waals surface area contributed by atoms with Crippen molar-refractivity contribution < 1.29 is 5.11 Å². The van der Waals surface area contributed by atoms with Gasteiger partial charge in [-0.2, -0.15) is 0 Å². The highest BCUT2D eigenvalue weighted by molar-refractivity contribution is 6.29. The lowest BCUT2D eigenvalue weighted by molar-refractivity contribution is 0.148. The van der Waals surface area contributed by atoms with E-state index in [0.717, 1.165) is 31.4 Å². The topological polar surface area (TPSA) is 45.1 Å². The zero-order valence-electron chi connectivity index (χ0n) is 8.49. The summed E-state index contributed by atoms with van der Waals surface area (Å²) in [5, 5.41) is 13.5. The van der Waals surface area contributed by atoms with Crippen molar-refractivity contribution in [1.82, 2.24) is 10.3 Å². The standard InChI is InChI=1S/C11H15ClN2O/c12-11-5-4-8(7-14-11)6-13-9-2-1-3-10(9)15/h4-5,7,9-10,13,15H,1-3,6H2. The quantitative estimate of drug-likeness (QED) is 0.772. The second-order valence-corrected chi connectivity index (χ2v) is 4.36. The predicted octanol–water partition coefficient (Wildman–Crippen LogP) is 1.74. The number of nitrogens with zero attached hydrogens (tertiary/aromatic N) is 1. The molecule has 0 spiro atoms. The molecule has 1 heterocycles. The van der Waals surface area contributed by atoms with Crippen LogP contribution in [0.15, 0.2) is 18.3 Å². The Labute approximate surface area is 94.5 Å². The van der Waals surface area contributed by atoms with Gasteiger partial charge < -0.3 is 10.4 Å². The number of aliphatic hydroxyl groups excluding tert-OH is 1. The normalized spacial score (nSPS) is 25.7. The summed E-state index contributed by atoms with van der Waals surface area (Å²) >= 11 is 5.69. The van der Waals surface area contributed by atoms with Gasteiger partial charge in [0, 0.05) is 18.8 Å². The minimum Gasteiger partial charge on any atom is -0.392 e. The van der Waals surface area contributed by atoms with Gasteiger partial charge in [0.05, 0.1) is 6.10 Å². The van der Waals surface area contributed by atoms with Crippen LogP contribution in [-0.4, -0.2) is 22.2 Å². The first-order valence-corrected chi connectivity index (χ1v) is 5.65. The van der Waals surface area contributed by atoms with Crippen LogP contribution >= 0.6 is 11.6 Å². The lowest BCUT2D eigenvalue weighted by atomic mass is 10.2. The summed E-state index contributed by atoms with van der Waals surface area (Å²) in [6, 6.07) is 3.97. The van der Waals surface area contributed by atoms with Crippen molar-refractivity contribution in [1.29, 1.82) is 0 Å². The lowest BCUT2D eigenvalue weighted by Crippen LogP contribution is -2.35. The molecule has 4 heteroatoms. The van der Waals surface area contributed by atoms with E-state index in [1.165, 1.54) is 0 Å². The number of halogens is 1. The molecule has 2 atom stereocenters. The van der Waals surface area contributed by atoms with Gasteiger partial charge in [-0.05, 0) is 30.9 Å². The highest BCUT2D eigenvalue weighted by atomic mass is 35.5. The van der Waals surface area contributed by atoms with Gasteiger partial charge in [-0.15, -0.1) is 0 Å². The lowest BCUT2D eigenvalue weighted by Gasteiger charge is -2.16. The van der Waals surface area contributed by atoms with Gasteiger partial charge in [-0.3, -0.25) is 0 Å². The molecule has 1 aromatic rings. The van der Waals surface area contributed by atoms with Gasteiger partial charge in [-0.1, -0.05) is 17.7 Å². The molecule has 1 saturated carbocycles. The predicted molar refractivity (Wildman–Crippen MR) is 59.7 cm³/mol. The van der Waals surface area contributed by atoms with Crippen LogP contribution in [0, 0.1) is 0 Å². The third-order valence-electron chi connectivity index (χ3n) is 2.84. The first-order valence-electron chi connectivity index (χ1n) is 5.27. The van der Waals surface area contributed by atoms with Gasteiger partial charge in [0.15, 0.2) is 0 Å². The third-order valence-corrected chi connectivity index (χ3v) is 3.06. The Morgan fingerprint density at radius 3 is 2.93 bits per heavy atom. The second-order valence-electron chi connectivity index (χ2n) is 3.97. The summed E-state index contributed by atoms with van der Waals surface area (Å²) < 4.78 is 0. The maximum atomic E-state index is 9.61. The number of hydrogen-bond acceptors (Lipinski definition) is 3. The van der Waals surface area contributed by atoms with Gasteiger partial charge in [0.2, 0.25) is 0 Å². The molecule has 0 saturated heterocycles. The first-order chi connectivity index (χ1) is 7.25. The minimum atomic E-state index is -0.190. The SMILES string of the molecule is OC1CCCC1NCc1ccc(Cl)nc1. The van der Waals surface area contributed by atoms with Crippen molar-refractivity contribution in [2.45, 2.75) is 38.0 Å². The Morgan fingerprint density at radius 1 is 1.47 bits per heavy atom. The van der Waals surface area contributed by atoms with Gasteiger partial charge in [0.1, 0.15) is 5.15 Å². The summed E-state index contributed by atoms with van der Waals surface area (Å²) in [5.74, 6) is 0. The number of rotatable bonds is 3. The molecule has 1 aliphatic rings. The zero-order chi connectivity index (χ0) is 10.7. The Bertz CT molecular complexity index is 315. The molecule has 1 aliphatic carbocycles. The first kappa shape index (κ1) is 10.9. The summed E-state index contributed by atoms with van der Waals surface area (Å²) in [5.41, 5.74) is 1.10. The zero-order valence-corrected chi connectivity index (χ0v) is 9.24. The molecular weight excluding hydrogens is 212 g/mol. The molecule has 0 amide bonds. The van der Waals surface area contributed by atoms with Crippen molar-refractivity contribution in [2.75, 3.05) is 0 Å². The minimum absolute atomic E-state index is 0.190. The van der Waals surface area contributed by atoms with Crippen LogP contribution in [-0.2, 0) is 6.54 Å². The largest absolute Gasteiger partial charge is 0.392 e. The molecule has 0 aliphatic heterocycles. The fraction of sp³-hybridized carbons (Fsp3) is 0.545. The van der Waals surface area contributed by atoms with Crippen molar-refractivity contribution >= 4 is 11.6 Å². The molecule has 2 N–H and O–H groups in total. The van der Waals surface area contributed by atoms with Crippen molar-refractivity contribution in [3.05, 3.63) is 29.0 Å². The average Bonchev–Trinajstić information content (AvgIpc) is 2.63. The molecule has 3 nitrogen and oxygen atoms in total. The van der Waals surface area contributed by atoms with Crippen LogP contribution in [0.2, 0.25) is 5.15 Å². The maximum absolute atomic E-state index is 9.61. The number of aliphatic hydroxyl groups is 1. The average molecular weight is 227 g/mol. The van der Waals surface area contributed by atoms with Crippen molar-refractivity contribution in [3.63, 3.8) is 0 Å². The molecule has 0 aromatic carbocycles. The molecule has 1 aromatic heterocycles. The Kier molecular flexibility index (Phi) is 3.57. The molecule has 0 radical (unpaired) electrons. The Hall–Kier alpha value is -0.640. The highest BCUT2D eigenvalue weighted by Gasteiger charge is 2.24. The van der Waals surface area contributed by atoms with Crippen LogP contribution in [0.3, 0.4) is 0 Å². The van der Waals surface area contributed by atoms with Gasteiger partial charge in [-0.25, -0.2) is 4.98 Å². The van der Waals surface area contributed by atoms with E-state index >= 15 is 0 Å². The van der Waals surface area contributed by atoms with Crippen LogP contribution in [0.25, 0.3) is 0 Å². The van der Waals surface area contributed by atoms with Crippen molar-refractivity contribution in [3.8, 4) is 0 Å².